The highest BCUT2D eigenvalue weighted by molar-refractivity contribution is 6.33. The van der Waals surface area contributed by atoms with Gasteiger partial charge < -0.3 is 26.6 Å². The fourth-order valence-electron chi connectivity index (χ4n) is 3.83. The van der Waals surface area contributed by atoms with E-state index in [0.29, 0.717) is 37.6 Å². The number of aromatic hydroxyl groups is 2. The second kappa shape index (κ2) is 9.54. The van der Waals surface area contributed by atoms with Gasteiger partial charge in [-0.25, -0.2) is 0 Å². The first-order valence-corrected chi connectivity index (χ1v) is 10.6. The van der Waals surface area contributed by atoms with E-state index in [1.54, 1.807) is 18.3 Å². The zero-order valence-corrected chi connectivity index (χ0v) is 17.8. The summed E-state index contributed by atoms with van der Waals surface area (Å²) in [7, 11) is 0. The second-order valence-electron chi connectivity index (χ2n) is 7.51. The molecule has 0 bridgehead atoms. The molecule has 3 aromatic rings. The van der Waals surface area contributed by atoms with Crippen molar-refractivity contribution < 1.29 is 19.8 Å². The molecule has 0 saturated heterocycles. The van der Waals surface area contributed by atoms with Crippen LogP contribution in [0.2, 0.25) is 0 Å². The number of nitrogens with zero attached hydrogens (tertiary/aromatic N) is 1. The Kier molecular flexibility index (Phi) is 6.37. The number of nitrogens with one attached hydrogen (secondary N) is 2. The highest BCUT2D eigenvalue weighted by Gasteiger charge is 2.37. The minimum Gasteiger partial charge on any atom is -0.507 e. The predicted octanol–water partition coefficient (Wildman–Crippen LogP) is 2.77. The Morgan fingerprint density at radius 3 is 1.85 bits per heavy atom. The molecule has 1 aliphatic carbocycles. The number of carbonyl (C=O) groups is 2. The van der Waals surface area contributed by atoms with Gasteiger partial charge in [-0.05, 0) is 29.8 Å². The maximum Gasteiger partial charge on any atom is 0.200 e. The monoisotopic (exact) mass is 444 g/mol. The number of hydrogen-bond donors (Lipinski definition) is 5. The van der Waals surface area contributed by atoms with E-state index in [-0.39, 0.29) is 33.8 Å². The Balaban J connectivity index is 1.66. The highest BCUT2D eigenvalue weighted by atomic mass is 16.3. The number of benzene rings is 3. The zero-order valence-electron chi connectivity index (χ0n) is 17.8. The van der Waals surface area contributed by atoms with Crippen LogP contribution in [-0.2, 0) is 0 Å². The summed E-state index contributed by atoms with van der Waals surface area (Å²) in [6.45, 7) is 1.60. The SMILES string of the molecule is NCCNc1ccc(NCC/N=C/c2ccccc2)c2c1C(=O)c1c(O)ccc(O)c1C2=O. The molecular formula is C25H24N4O4. The maximum absolute atomic E-state index is 13.4. The lowest BCUT2D eigenvalue weighted by Gasteiger charge is -2.24. The van der Waals surface area contributed by atoms with Crippen molar-refractivity contribution in [3.63, 3.8) is 0 Å². The van der Waals surface area contributed by atoms with Crippen LogP contribution in [0.1, 0.15) is 37.4 Å². The molecule has 33 heavy (non-hydrogen) atoms. The number of anilines is 2. The van der Waals surface area contributed by atoms with E-state index in [2.05, 4.69) is 15.6 Å². The normalized spacial score (nSPS) is 12.5. The first-order chi connectivity index (χ1) is 16.0. The van der Waals surface area contributed by atoms with Crippen molar-refractivity contribution in [2.24, 2.45) is 10.7 Å². The number of phenolic OH excluding ortho intramolecular Hbond substituents is 2. The minimum absolute atomic E-state index is 0.139. The first-order valence-electron chi connectivity index (χ1n) is 10.6. The van der Waals surface area contributed by atoms with Gasteiger partial charge in [0.25, 0.3) is 0 Å². The molecule has 0 atom stereocenters. The Bertz CT molecular complexity index is 1240. The molecule has 8 nitrogen and oxygen atoms in total. The van der Waals surface area contributed by atoms with Crippen LogP contribution in [0.15, 0.2) is 59.6 Å². The van der Waals surface area contributed by atoms with Gasteiger partial charge in [0.2, 0.25) is 11.6 Å². The fourth-order valence-corrected chi connectivity index (χ4v) is 3.83. The van der Waals surface area contributed by atoms with E-state index in [4.69, 9.17) is 5.73 Å². The number of aliphatic imine (C=N–C) groups is 1. The molecular weight excluding hydrogens is 420 g/mol. The first kappa shape index (κ1) is 22.0. The van der Waals surface area contributed by atoms with Gasteiger partial charge in [0.15, 0.2) is 0 Å². The van der Waals surface area contributed by atoms with Crippen LogP contribution < -0.4 is 16.4 Å². The van der Waals surface area contributed by atoms with Crippen molar-refractivity contribution in [3.05, 3.63) is 82.4 Å². The summed E-state index contributed by atoms with van der Waals surface area (Å²) in [4.78, 5) is 31.1. The lowest BCUT2D eigenvalue weighted by Crippen LogP contribution is -2.25. The molecule has 0 heterocycles. The van der Waals surface area contributed by atoms with E-state index >= 15 is 0 Å². The molecule has 0 radical (unpaired) electrons. The van der Waals surface area contributed by atoms with Crippen LogP contribution in [-0.4, -0.2) is 54.2 Å². The van der Waals surface area contributed by atoms with Gasteiger partial charge in [-0.1, -0.05) is 30.3 Å². The Morgan fingerprint density at radius 2 is 1.30 bits per heavy atom. The average molecular weight is 444 g/mol. The summed E-state index contributed by atoms with van der Waals surface area (Å²) in [6, 6.07) is 15.5. The third-order valence-corrected chi connectivity index (χ3v) is 5.33. The summed E-state index contributed by atoms with van der Waals surface area (Å²) >= 11 is 0. The Hall–Kier alpha value is -4.17. The highest BCUT2D eigenvalue weighted by Crippen LogP contribution is 2.42. The second-order valence-corrected chi connectivity index (χ2v) is 7.51. The van der Waals surface area contributed by atoms with Gasteiger partial charge in [0.05, 0.1) is 28.8 Å². The molecule has 6 N–H and O–H groups in total. The molecule has 0 unspecified atom stereocenters. The van der Waals surface area contributed by atoms with Gasteiger partial charge >= 0.3 is 0 Å². The van der Waals surface area contributed by atoms with Crippen molar-refractivity contribution in [1.82, 2.24) is 0 Å². The molecule has 0 saturated carbocycles. The van der Waals surface area contributed by atoms with Gasteiger partial charge in [-0.3, -0.25) is 14.6 Å². The van der Waals surface area contributed by atoms with Crippen molar-refractivity contribution in [3.8, 4) is 11.5 Å². The summed E-state index contributed by atoms with van der Waals surface area (Å²) in [5.74, 6) is -1.80. The minimum atomic E-state index is -0.543. The van der Waals surface area contributed by atoms with Gasteiger partial charge in [-0.2, -0.15) is 0 Å². The maximum atomic E-state index is 13.4. The molecule has 1 aliphatic rings. The third kappa shape index (κ3) is 4.28. The standard InChI is InChI=1S/C25H24N4O4/c26-10-11-28-16-6-7-17(29-13-12-27-14-15-4-2-1-3-5-15)21-20(16)24(32)22-18(30)8-9-19(31)23(22)25(21)33/h1-9,14,28-31H,10-13,26H2/b27-14+. The van der Waals surface area contributed by atoms with Crippen LogP contribution >= 0.6 is 0 Å². The Morgan fingerprint density at radius 1 is 0.758 bits per heavy atom. The summed E-state index contributed by atoms with van der Waals surface area (Å²) < 4.78 is 0. The largest absolute Gasteiger partial charge is 0.507 e. The number of hydrogen-bond acceptors (Lipinski definition) is 8. The van der Waals surface area contributed by atoms with Crippen molar-refractivity contribution >= 4 is 29.2 Å². The predicted molar refractivity (Wildman–Crippen MR) is 128 cm³/mol. The van der Waals surface area contributed by atoms with Gasteiger partial charge in [-0.15, -0.1) is 0 Å². The quantitative estimate of drug-likeness (QED) is 0.160. The van der Waals surface area contributed by atoms with Crippen LogP contribution in [0.3, 0.4) is 0 Å². The van der Waals surface area contributed by atoms with Crippen LogP contribution in [0.5, 0.6) is 11.5 Å². The van der Waals surface area contributed by atoms with Crippen LogP contribution in [0, 0.1) is 0 Å². The number of rotatable bonds is 8. The number of nitrogens with two attached hydrogens (primary N) is 1. The van der Waals surface area contributed by atoms with Crippen LogP contribution in [0.25, 0.3) is 0 Å². The van der Waals surface area contributed by atoms with Crippen molar-refractivity contribution in [2.45, 2.75) is 0 Å². The van der Waals surface area contributed by atoms with E-state index < -0.39 is 11.6 Å². The van der Waals surface area contributed by atoms with Crippen molar-refractivity contribution in [2.75, 3.05) is 36.8 Å². The van der Waals surface area contributed by atoms with Crippen molar-refractivity contribution in [1.29, 1.82) is 0 Å². The van der Waals surface area contributed by atoms with E-state index in [9.17, 15) is 19.8 Å². The number of phenols is 2. The van der Waals surface area contributed by atoms with E-state index in [0.717, 1.165) is 5.56 Å². The zero-order chi connectivity index (χ0) is 23.4. The number of ketones is 2. The molecule has 0 amide bonds. The molecule has 0 fully saturated rings. The molecule has 0 aromatic heterocycles. The lowest BCUT2D eigenvalue weighted by molar-refractivity contribution is 0.0975. The number of fused-ring (bicyclic) bond motifs is 2. The summed E-state index contributed by atoms with van der Waals surface area (Å²) in [5.41, 5.74) is 7.34. The third-order valence-electron chi connectivity index (χ3n) is 5.33. The summed E-state index contributed by atoms with van der Waals surface area (Å²) in [5, 5.41) is 26.8. The number of carbonyl (C=O) groups excluding carboxylic acids is 2. The smallest absolute Gasteiger partial charge is 0.200 e. The average Bonchev–Trinajstić information content (AvgIpc) is 2.83. The topological polar surface area (TPSA) is 137 Å². The lowest BCUT2D eigenvalue weighted by atomic mass is 9.81. The molecule has 0 aliphatic heterocycles. The Labute approximate surface area is 190 Å². The molecule has 168 valence electrons. The van der Waals surface area contributed by atoms with Crippen LogP contribution in [0.4, 0.5) is 11.4 Å². The molecule has 3 aromatic carbocycles. The van der Waals surface area contributed by atoms with E-state index in [1.807, 2.05) is 30.3 Å². The molecule has 8 heteroatoms. The van der Waals surface area contributed by atoms with E-state index in [1.165, 1.54) is 12.1 Å². The fraction of sp³-hybridized carbons (Fsp3) is 0.160. The molecule has 0 spiro atoms. The molecule has 4 rings (SSSR count). The van der Waals surface area contributed by atoms with Gasteiger partial charge in [0, 0.05) is 37.2 Å². The summed E-state index contributed by atoms with van der Waals surface area (Å²) in [6.07, 6.45) is 1.77. The van der Waals surface area contributed by atoms with Gasteiger partial charge in [0.1, 0.15) is 11.5 Å².